The summed E-state index contributed by atoms with van der Waals surface area (Å²) in [5, 5.41) is 0. The van der Waals surface area contributed by atoms with E-state index in [2.05, 4.69) is 41.7 Å². The molecule has 0 aliphatic heterocycles. The summed E-state index contributed by atoms with van der Waals surface area (Å²) < 4.78 is 0.991. The summed E-state index contributed by atoms with van der Waals surface area (Å²) in [6, 6.07) is 3.99. The van der Waals surface area contributed by atoms with E-state index >= 15 is 0 Å². The quantitative estimate of drug-likeness (QED) is 0.903. The van der Waals surface area contributed by atoms with Crippen molar-refractivity contribution in [2.24, 2.45) is 17.6 Å². The smallest absolute Gasteiger partial charge is 0.0574 e. The minimum Gasteiger partial charge on any atom is -0.322 e. The van der Waals surface area contributed by atoms with Gasteiger partial charge in [-0.15, -0.1) is 0 Å². The number of rotatable bonds is 3. The lowest BCUT2D eigenvalue weighted by Gasteiger charge is -2.22. The zero-order valence-corrected chi connectivity index (χ0v) is 10.5. The molecule has 2 N–H and O–H groups in total. The molecule has 1 aromatic heterocycles. The zero-order chi connectivity index (χ0) is 10.7. The van der Waals surface area contributed by atoms with Crippen LogP contribution in [0.25, 0.3) is 0 Å². The van der Waals surface area contributed by atoms with E-state index < -0.39 is 0 Å². The molecule has 2 unspecified atom stereocenters. The number of hydrogen-bond donors (Lipinski definition) is 1. The molecule has 1 aromatic rings. The molecule has 0 aliphatic rings. The molecular formula is C11H17BrN2. The Bertz CT molecular complexity index is 282. The fraction of sp³-hybridized carbons (Fsp3) is 0.545. The van der Waals surface area contributed by atoms with Crippen LogP contribution in [0.15, 0.2) is 22.8 Å². The molecular weight excluding hydrogens is 240 g/mol. The lowest BCUT2D eigenvalue weighted by molar-refractivity contribution is 0.347. The van der Waals surface area contributed by atoms with Gasteiger partial charge in [0.1, 0.15) is 0 Å². The average molecular weight is 257 g/mol. The third-order valence-electron chi connectivity index (χ3n) is 2.71. The summed E-state index contributed by atoms with van der Waals surface area (Å²) in [6.45, 7) is 6.53. The molecule has 2 atom stereocenters. The highest BCUT2D eigenvalue weighted by Crippen LogP contribution is 2.24. The molecule has 0 saturated carbocycles. The van der Waals surface area contributed by atoms with Crippen LogP contribution in [0.3, 0.4) is 0 Å². The summed E-state index contributed by atoms with van der Waals surface area (Å²) >= 11 is 3.36. The van der Waals surface area contributed by atoms with Gasteiger partial charge in [0, 0.05) is 16.7 Å². The largest absolute Gasteiger partial charge is 0.322 e. The van der Waals surface area contributed by atoms with E-state index in [-0.39, 0.29) is 6.04 Å². The second kappa shape index (κ2) is 4.89. The fourth-order valence-electron chi connectivity index (χ4n) is 1.27. The Balaban J connectivity index is 2.78. The Labute approximate surface area is 94.0 Å². The highest BCUT2D eigenvalue weighted by atomic mass is 79.9. The van der Waals surface area contributed by atoms with Gasteiger partial charge in [-0.05, 0) is 39.9 Å². The number of nitrogens with zero attached hydrogens (tertiary/aromatic N) is 1. The molecule has 0 amide bonds. The molecule has 0 spiro atoms. The SMILES string of the molecule is CC(C)C(C)C(N)c1ccc(Br)cn1. The van der Waals surface area contributed by atoms with Crippen LogP contribution < -0.4 is 5.73 Å². The van der Waals surface area contributed by atoms with E-state index in [0.717, 1.165) is 10.2 Å². The predicted octanol–water partition coefficient (Wildman–Crippen LogP) is 3.14. The molecule has 0 radical (unpaired) electrons. The van der Waals surface area contributed by atoms with Gasteiger partial charge in [0.05, 0.1) is 5.69 Å². The first-order valence-electron chi connectivity index (χ1n) is 4.89. The Kier molecular flexibility index (Phi) is 4.08. The van der Waals surface area contributed by atoms with Crippen LogP contribution >= 0.6 is 15.9 Å². The van der Waals surface area contributed by atoms with E-state index in [0.29, 0.717) is 11.8 Å². The van der Waals surface area contributed by atoms with Crippen LogP contribution in [0.5, 0.6) is 0 Å². The van der Waals surface area contributed by atoms with Crippen LogP contribution in [-0.2, 0) is 0 Å². The first-order chi connectivity index (χ1) is 6.52. The molecule has 78 valence electrons. The van der Waals surface area contributed by atoms with Gasteiger partial charge >= 0.3 is 0 Å². The number of hydrogen-bond acceptors (Lipinski definition) is 2. The molecule has 2 nitrogen and oxygen atoms in total. The number of pyridine rings is 1. The van der Waals surface area contributed by atoms with Gasteiger partial charge in [0.2, 0.25) is 0 Å². The van der Waals surface area contributed by atoms with E-state index in [1.807, 2.05) is 12.1 Å². The third kappa shape index (κ3) is 2.79. The Morgan fingerprint density at radius 1 is 1.29 bits per heavy atom. The van der Waals surface area contributed by atoms with Crippen LogP contribution in [0.1, 0.15) is 32.5 Å². The zero-order valence-electron chi connectivity index (χ0n) is 8.87. The normalized spacial score (nSPS) is 15.6. The number of aromatic nitrogens is 1. The summed E-state index contributed by atoms with van der Waals surface area (Å²) in [5.74, 6) is 1.03. The monoisotopic (exact) mass is 256 g/mol. The molecule has 0 fully saturated rings. The fourth-order valence-corrected chi connectivity index (χ4v) is 1.50. The standard InChI is InChI=1S/C11H17BrN2/c1-7(2)8(3)11(13)10-5-4-9(12)6-14-10/h4-8,11H,13H2,1-3H3. The third-order valence-corrected chi connectivity index (χ3v) is 3.18. The molecule has 3 heteroatoms. The van der Waals surface area contributed by atoms with Crippen molar-refractivity contribution in [2.75, 3.05) is 0 Å². The van der Waals surface area contributed by atoms with Crippen LogP contribution in [0, 0.1) is 11.8 Å². The van der Waals surface area contributed by atoms with Gasteiger partial charge in [0.25, 0.3) is 0 Å². The van der Waals surface area contributed by atoms with Crippen LogP contribution in [0.4, 0.5) is 0 Å². The van der Waals surface area contributed by atoms with E-state index in [4.69, 9.17) is 5.73 Å². The molecule has 0 aromatic carbocycles. The highest BCUT2D eigenvalue weighted by Gasteiger charge is 2.18. The summed E-state index contributed by atoms with van der Waals surface area (Å²) in [7, 11) is 0. The van der Waals surface area contributed by atoms with Gasteiger partial charge < -0.3 is 5.73 Å². The summed E-state index contributed by atoms with van der Waals surface area (Å²) in [4.78, 5) is 4.31. The molecule has 0 bridgehead atoms. The van der Waals surface area contributed by atoms with Gasteiger partial charge in [0.15, 0.2) is 0 Å². The van der Waals surface area contributed by atoms with Gasteiger partial charge in [-0.1, -0.05) is 20.8 Å². The van der Waals surface area contributed by atoms with Crippen LogP contribution in [0.2, 0.25) is 0 Å². The molecule has 1 heterocycles. The lowest BCUT2D eigenvalue weighted by Crippen LogP contribution is -2.23. The van der Waals surface area contributed by atoms with Gasteiger partial charge in [-0.3, -0.25) is 4.98 Å². The highest BCUT2D eigenvalue weighted by molar-refractivity contribution is 9.10. The maximum Gasteiger partial charge on any atom is 0.0574 e. The number of nitrogens with two attached hydrogens (primary N) is 1. The average Bonchev–Trinajstić information content (AvgIpc) is 2.16. The van der Waals surface area contributed by atoms with Crippen LogP contribution in [-0.4, -0.2) is 4.98 Å². The van der Waals surface area contributed by atoms with Gasteiger partial charge in [-0.25, -0.2) is 0 Å². The summed E-state index contributed by atoms with van der Waals surface area (Å²) in [6.07, 6.45) is 1.79. The topological polar surface area (TPSA) is 38.9 Å². The van der Waals surface area contributed by atoms with Crippen molar-refractivity contribution >= 4 is 15.9 Å². The first-order valence-corrected chi connectivity index (χ1v) is 5.68. The van der Waals surface area contributed by atoms with E-state index in [1.54, 1.807) is 6.20 Å². The van der Waals surface area contributed by atoms with Crippen molar-refractivity contribution in [1.29, 1.82) is 0 Å². The van der Waals surface area contributed by atoms with Crippen molar-refractivity contribution in [3.8, 4) is 0 Å². The second-order valence-corrected chi connectivity index (χ2v) is 4.95. The maximum absolute atomic E-state index is 6.11. The lowest BCUT2D eigenvalue weighted by atomic mass is 9.89. The van der Waals surface area contributed by atoms with Gasteiger partial charge in [-0.2, -0.15) is 0 Å². The first kappa shape index (κ1) is 11.7. The van der Waals surface area contributed by atoms with E-state index in [1.165, 1.54) is 0 Å². The Hall–Kier alpha value is -0.410. The van der Waals surface area contributed by atoms with Crippen molar-refractivity contribution in [3.05, 3.63) is 28.5 Å². The second-order valence-electron chi connectivity index (χ2n) is 4.03. The maximum atomic E-state index is 6.11. The Morgan fingerprint density at radius 3 is 2.36 bits per heavy atom. The number of halogens is 1. The molecule has 1 rings (SSSR count). The minimum atomic E-state index is 0.0306. The molecule has 0 saturated heterocycles. The van der Waals surface area contributed by atoms with Crippen molar-refractivity contribution in [3.63, 3.8) is 0 Å². The Morgan fingerprint density at radius 2 is 1.93 bits per heavy atom. The van der Waals surface area contributed by atoms with Crippen molar-refractivity contribution < 1.29 is 0 Å². The predicted molar refractivity (Wildman–Crippen MR) is 62.9 cm³/mol. The van der Waals surface area contributed by atoms with Crippen molar-refractivity contribution in [1.82, 2.24) is 4.98 Å². The van der Waals surface area contributed by atoms with Crippen molar-refractivity contribution in [2.45, 2.75) is 26.8 Å². The minimum absolute atomic E-state index is 0.0306. The molecule has 14 heavy (non-hydrogen) atoms. The summed E-state index contributed by atoms with van der Waals surface area (Å²) in [5.41, 5.74) is 7.08. The molecule has 0 aliphatic carbocycles. The van der Waals surface area contributed by atoms with E-state index in [9.17, 15) is 0 Å².